The average Bonchev–Trinajstić information content (AvgIpc) is 2.48. The smallest absolute Gasteiger partial charge is 0.128 e. The Morgan fingerprint density at radius 1 is 0.810 bits per heavy atom. The molecule has 3 aromatic carbocycles. The van der Waals surface area contributed by atoms with E-state index in [1.165, 1.54) is 6.07 Å². The minimum Gasteiger partial charge on any atom is -0.207 e. The quantitative estimate of drug-likeness (QED) is 0.430. The van der Waals surface area contributed by atoms with Crippen LogP contribution in [0.3, 0.4) is 0 Å². The monoisotopic (exact) mass is 410 g/mol. The van der Waals surface area contributed by atoms with Crippen molar-refractivity contribution in [2.45, 2.75) is 4.83 Å². The van der Waals surface area contributed by atoms with Gasteiger partial charge in [-0.25, -0.2) is 8.78 Å². The van der Waals surface area contributed by atoms with Gasteiger partial charge >= 0.3 is 0 Å². The Kier molecular flexibility index (Phi) is 4.09. The summed E-state index contributed by atoms with van der Waals surface area (Å²) in [6.07, 6.45) is 0. The number of halogens is 4. The maximum atomic E-state index is 13.9. The van der Waals surface area contributed by atoms with Gasteiger partial charge < -0.3 is 0 Å². The van der Waals surface area contributed by atoms with E-state index in [1.807, 2.05) is 36.4 Å². The zero-order chi connectivity index (χ0) is 15.0. The van der Waals surface area contributed by atoms with E-state index in [2.05, 4.69) is 31.9 Å². The topological polar surface area (TPSA) is 0 Å². The highest BCUT2D eigenvalue weighted by Crippen LogP contribution is 2.34. The second-order valence-corrected chi connectivity index (χ2v) is 6.61. The molecule has 4 heteroatoms. The molecule has 0 bridgehead atoms. The largest absolute Gasteiger partial charge is 0.207 e. The van der Waals surface area contributed by atoms with E-state index in [0.29, 0.717) is 5.56 Å². The van der Waals surface area contributed by atoms with Crippen molar-refractivity contribution in [1.82, 2.24) is 0 Å². The first kappa shape index (κ1) is 14.7. The fraction of sp³-hybridized carbons (Fsp3) is 0.0588. The zero-order valence-electron chi connectivity index (χ0n) is 10.8. The van der Waals surface area contributed by atoms with Crippen LogP contribution in [0.25, 0.3) is 10.8 Å². The number of fused-ring (bicyclic) bond motifs is 1. The van der Waals surface area contributed by atoms with E-state index in [9.17, 15) is 8.78 Å². The van der Waals surface area contributed by atoms with E-state index >= 15 is 0 Å². The molecule has 0 amide bonds. The summed E-state index contributed by atoms with van der Waals surface area (Å²) in [6, 6.07) is 15.3. The van der Waals surface area contributed by atoms with E-state index < -0.39 is 11.6 Å². The van der Waals surface area contributed by atoms with Gasteiger partial charge in [-0.05, 0) is 52.7 Å². The van der Waals surface area contributed by atoms with Crippen molar-refractivity contribution in [2.75, 3.05) is 0 Å². The molecule has 0 spiro atoms. The third-order valence-electron chi connectivity index (χ3n) is 3.35. The Labute approximate surface area is 138 Å². The maximum Gasteiger partial charge on any atom is 0.128 e. The lowest BCUT2D eigenvalue weighted by Crippen LogP contribution is -1.97. The number of benzene rings is 3. The fourth-order valence-corrected chi connectivity index (χ4v) is 3.30. The van der Waals surface area contributed by atoms with E-state index in [-0.39, 0.29) is 4.83 Å². The molecule has 3 rings (SSSR count). The Morgan fingerprint density at radius 2 is 1.52 bits per heavy atom. The van der Waals surface area contributed by atoms with Gasteiger partial charge in [0.2, 0.25) is 0 Å². The Hall–Kier alpha value is -1.26. The first-order valence-corrected chi connectivity index (χ1v) is 8.04. The molecule has 0 fully saturated rings. The van der Waals surface area contributed by atoms with Crippen LogP contribution < -0.4 is 0 Å². The van der Waals surface area contributed by atoms with Crippen LogP contribution in [0.15, 0.2) is 59.1 Å². The highest BCUT2D eigenvalue weighted by atomic mass is 79.9. The third kappa shape index (κ3) is 3.01. The second kappa shape index (κ2) is 5.85. The van der Waals surface area contributed by atoms with Crippen molar-refractivity contribution in [3.8, 4) is 0 Å². The molecule has 3 aromatic rings. The van der Waals surface area contributed by atoms with E-state index in [1.54, 1.807) is 0 Å². The maximum absolute atomic E-state index is 13.9. The summed E-state index contributed by atoms with van der Waals surface area (Å²) < 4.78 is 28.2. The summed E-state index contributed by atoms with van der Waals surface area (Å²) in [6.45, 7) is 0. The minimum absolute atomic E-state index is 0.298. The minimum atomic E-state index is -0.444. The van der Waals surface area contributed by atoms with Gasteiger partial charge in [0.1, 0.15) is 11.6 Å². The number of hydrogen-bond acceptors (Lipinski definition) is 0. The first-order chi connectivity index (χ1) is 10.0. The molecular weight excluding hydrogens is 402 g/mol. The second-order valence-electron chi connectivity index (χ2n) is 4.78. The van der Waals surface area contributed by atoms with Crippen LogP contribution in [0.1, 0.15) is 16.0 Å². The molecule has 1 unspecified atom stereocenters. The standard InChI is InChI=1S/C17H10Br2F2/c18-13-4-3-10-7-12(2-1-11(10)8-13)17(19)15-9-14(20)5-6-16(15)21/h1-9,17H. The van der Waals surface area contributed by atoms with Crippen molar-refractivity contribution in [3.63, 3.8) is 0 Å². The molecule has 0 aromatic heterocycles. The molecule has 0 nitrogen and oxygen atoms in total. The summed E-state index contributed by atoms with van der Waals surface area (Å²) in [4.78, 5) is -0.388. The SMILES string of the molecule is Fc1ccc(F)c(C(Br)c2ccc3cc(Br)ccc3c2)c1. The highest BCUT2D eigenvalue weighted by molar-refractivity contribution is 9.10. The first-order valence-electron chi connectivity index (χ1n) is 6.33. The Balaban J connectivity index is 2.07. The van der Waals surface area contributed by atoms with Gasteiger partial charge in [0.15, 0.2) is 0 Å². The number of hydrogen-bond donors (Lipinski definition) is 0. The molecule has 0 aliphatic carbocycles. The van der Waals surface area contributed by atoms with Gasteiger partial charge in [0, 0.05) is 10.0 Å². The predicted octanol–water partition coefficient (Wildman–Crippen LogP) is 6.36. The van der Waals surface area contributed by atoms with Crippen LogP contribution in [-0.4, -0.2) is 0 Å². The normalized spacial score (nSPS) is 12.6. The lowest BCUT2D eigenvalue weighted by atomic mass is 10.0. The highest BCUT2D eigenvalue weighted by Gasteiger charge is 2.16. The molecule has 0 N–H and O–H groups in total. The molecule has 0 radical (unpaired) electrons. The van der Waals surface area contributed by atoms with E-state index in [0.717, 1.165) is 32.9 Å². The number of alkyl halides is 1. The van der Waals surface area contributed by atoms with Gasteiger partial charge in [0.05, 0.1) is 4.83 Å². The zero-order valence-corrected chi connectivity index (χ0v) is 14.0. The van der Waals surface area contributed by atoms with Crippen LogP contribution in [-0.2, 0) is 0 Å². The molecule has 0 aliphatic heterocycles. The third-order valence-corrected chi connectivity index (χ3v) is 4.87. The fourth-order valence-electron chi connectivity index (χ4n) is 2.28. The van der Waals surface area contributed by atoms with Crippen molar-refractivity contribution in [1.29, 1.82) is 0 Å². The van der Waals surface area contributed by atoms with E-state index in [4.69, 9.17) is 0 Å². The van der Waals surface area contributed by atoms with Gasteiger partial charge in [-0.2, -0.15) is 0 Å². The summed E-state index contributed by atoms with van der Waals surface area (Å²) in [5, 5.41) is 2.14. The molecule has 0 saturated heterocycles. The van der Waals surface area contributed by atoms with Gasteiger partial charge in [0.25, 0.3) is 0 Å². The Bertz CT molecular complexity index is 815. The summed E-state index contributed by atoms with van der Waals surface area (Å²) >= 11 is 6.90. The lowest BCUT2D eigenvalue weighted by Gasteiger charge is -2.13. The van der Waals surface area contributed by atoms with Crippen LogP contribution in [0, 0.1) is 11.6 Å². The van der Waals surface area contributed by atoms with Gasteiger partial charge in [-0.3, -0.25) is 0 Å². The molecular formula is C17H10Br2F2. The van der Waals surface area contributed by atoms with Gasteiger partial charge in [-0.15, -0.1) is 0 Å². The molecule has 21 heavy (non-hydrogen) atoms. The molecule has 106 valence electrons. The van der Waals surface area contributed by atoms with Crippen LogP contribution in [0.5, 0.6) is 0 Å². The van der Waals surface area contributed by atoms with Crippen molar-refractivity contribution < 1.29 is 8.78 Å². The predicted molar refractivity (Wildman–Crippen MR) is 88.8 cm³/mol. The Morgan fingerprint density at radius 3 is 2.33 bits per heavy atom. The van der Waals surface area contributed by atoms with Crippen LogP contribution in [0.2, 0.25) is 0 Å². The van der Waals surface area contributed by atoms with Crippen molar-refractivity contribution in [2.24, 2.45) is 0 Å². The van der Waals surface area contributed by atoms with Crippen LogP contribution >= 0.6 is 31.9 Å². The lowest BCUT2D eigenvalue weighted by molar-refractivity contribution is 0.588. The van der Waals surface area contributed by atoms with Crippen LogP contribution in [0.4, 0.5) is 8.78 Å². The summed E-state index contributed by atoms with van der Waals surface area (Å²) in [5.41, 5.74) is 1.18. The molecule has 1 atom stereocenters. The number of rotatable bonds is 2. The van der Waals surface area contributed by atoms with Crippen molar-refractivity contribution >= 4 is 42.6 Å². The van der Waals surface area contributed by atoms with Gasteiger partial charge in [-0.1, -0.05) is 50.1 Å². The molecule has 0 saturated carbocycles. The van der Waals surface area contributed by atoms with Crippen molar-refractivity contribution in [3.05, 3.63) is 81.8 Å². The molecule has 0 aliphatic rings. The summed E-state index contributed by atoms with van der Waals surface area (Å²) in [5.74, 6) is -0.866. The summed E-state index contributed by atoms with van der Waals surface area (Å²) in [7, 11) is 0. The molecule has 0 heterocycles. The average molecular weight is 412 g/mol.